The molecule has 0 aromatic rings. The molecule has 0 aliphatic heterocycles. The minimum Gasteiger partial charge on any atom is -0.481 e. The van der Waals surface area contributed by atoms with Crippen LogP contribution in [0.3, 0.4) is 0 Å². The first-order chi connectivity index (χ1) is 7.77. The number of rotatable bonds is 6. The van der Waals surface area contributed by atoms with E-state index in [2.05, 4.69) is 5.32 Å². The number of carbonyl (C=O) groups is 1. The second kappa shape index (κ2) is 5.64. The second-order valence-corrected chi connectivity index (χ2v) is 4.86. The molecule has 0 saturated heterocycles. The molecule has 4 heteroatoms. The maximum Gasteiger partial charge on any atom is 0.308 e. The fourth-order valence-electron chi connectivity index (χ4n) is 2.56. The summed E-state index contributed by atoms with van der Waals surface area (Å²) in [7, 11) is 0. The third kappa shape index (κ3) is 2.95. The minimum atomic E-state index is -0.666. The third-order valence-electron chi connectivity index (χ3n) is 3.76. The number of hydrogen-bond acceptors (Lipinski definition) is 3. The average Bonchev–Trinajstić information content (AvgIpc) is 2.67. The van der Waals surface area contributed by atoms with Crippen molar-refractivity contribution in [1.29, 1.82) is 0 Å². The molecule has 0 radical (unpaired) electrons. The van der Waals surface area contributed by atoms with Gasteiger partial charge in [-0.1, -0.05) is 12.8 Å². The van der Waals surface area contributed by atoms with Gasteiger partial charge in [0.15, 0.2) is 0 Å². The Morgan fingerprint density at radius 3 is 2.56 bits per heavy atom. The summed E-state index contributed by atoms with van der Waals surface area (Å²) in [6.07, 6.45) is 7.24. The monoisotopic (exact) mass is 227 g/mol. The number of nitrogens with one attached hydrogen (secondary N) is 1. The van der Waals surface area contributed by atoms with Crippen LogP contribution in [-0.4, -0.2) is 36.4 Å². The van der Waals surface area contributed by atoms with Crippen molar-refractivity contribution in [2.75, 3.05) is 13.2 Å². The maximum atomic E-state index is 10.8. The van der Waals surface area contributed by atoms with E-state index in [-0.39, 0.29) is 12.0 Å². The van der Waals surface area contributed by atoms with Crippen LogP contribution in [-0.2, 0) is 9.53 Å². The molecule has 2 unspecified atom stereocenters. The highest BCUT2D eigenvalue weighted by atomic mass is 16.5. The van der Waals surface area contributed by atoms with Gasteiger partial charge in [-0.25, -0.2) is 0 Å². The molecule has 0 heterocycles. The van der Waals surface area contributed by atoms with E-state index >= 15 is 0 Å². The van der Waals surface area contributed by atoms with Gasteiger partial charge in [0.25, 0.3) is 0 Å². The largest absolute Gasteiger partial charge is 0.481 e. The van der Waals surface area contributed by atoms with Crippen LogP contribution in [0, 0.1) is 5.92 Å². The van der Waals surface area contributed by atoms with Gasteiger partial charge in [-0.3, -0.25) is 4.79 Å². The molecule has 2 rings (SSSR count). The Kier molecular flexibility index (Phi) is 4.18. The highest BCUT2D eigenvalue weighted by Crippen LogP contribution is 2.27. The van der Waals surface area contributed by atoms with E-state index < -0.39 is 5.97 Å². The van der Waals surface area contributed by atoms with Gasteiger partial charge in [0.05, 0.1) is 18.6 Å². The summed E-state index contributed by atoms with van der Waals surface area (Å²) in [6.45, 7) is 1.50. The first-order valence-electron chi connectivity index (χ1n) is 6.35. The zero-order chi connectivity index (χ0) is 11.4. The van der Waals surface area contributed by atoms with E-state index in [0.717, 1.165) is 19.4 Å². The van der Waals surface area contributed by atoms with Crippen molar-refractivity contribution in [3.63, 3.8) is 0 Å². The zero-order valence-electron chi connectivity index (χ0n) is 9.65. The fraction of sp³-hybridized carbons (Fsp3) is 0.917. The zero-order valence-corrected chi connectivity index (χ0v) is 9.65. The Balaban J connectivity index is 1.53. The lowest BCUT2D eigenvalue weighted by Gasteiger charge is -2.34. The van der Waals surface area contributed by atoms with Gasteiger partial charge < -0.3 is 15.2 Å². The summed E-state index contributed by atoms with van der Waals surface area (Å²) in [5.41, 5.74) is 0. The third-order valence-corrected chi connectivity index (χ3v) is 3.76. The Morgan fingerprint density at radius 2 is 2.00 bits per heavy atom. The summed E-state index contributed by atoms with van der Waals surface area (Å²) in [6, 6.07) is 0.171. The number of carboxylic acid groups (broad SMARTS) is 1. The van der Waals surface area contributed by atoms with Crippen molar-refractivity contribution in [3.05, 3.63) is 0 Å². The predicted octanol–water partition coefficient (Wildman–Crippen LogP) is 1.40. The molecule has 2 atom stereocenters. The van der Waals surface area contributed by atoms with Crippen molar-refractivity contribution < 1.29 is 14.6 Å². The molecule has 0 spiro atoms. The normalized spacial score (nSPS) is 30.2. The van der Waals surface area contributed by atoms with Crippen LogP contribution in [0.2, 0.25) is 0 Å². The van der Waals surface area contributed by atoms with Crippen LogP contribution in [0.5, 0.6) is 0 Å². The second-order valence-electron chi connectivity index (χ2n) is 4.86. The lowest BCUT2D eigenvalue weighted by atomic mass is 9.79. The first kappa shape index (κ1) is 11.9. The van der Waals surface area contributed by atoms with Crippen molar-refractivity contribution in [1.82, 2.24) is 5.32 Å². The highest BCUT2D eigenvalue weighted by Gasteiger charge is 2.35. The molecular formula is C12H21NO3. The van der Waals surface area contributed by atoms with E-state index in [1.165, 1.54) is 25.7 Å². The molecule has 2 N–H and O–H groups in total. The quantitative estimate of drug-likeness (QED) is 0.673. The standard InChI is InChI=1S/C12H21NO3/c14-12(15)10-5-6-11(10)13-7-8-16-9-3-1-2-4-9/h9-11,13H,1-8H2,(H,14,15). The highest BCUT2D eigenvalue weighted by molar-refractivity contribution is 5.72. The molecule has 0 aromatic carbocycles. The molecule has 4 nitrogen and oxygen atoms in total. The van der Waals surface area contributed by atoms with Crippen molar-refractivity contribution in [2.24, 2.45) is 5.92 Å². The lowest BCUT2D eigenvalue weighted by molar-refractivity contribution is -0.146. The van der Waals surface area contributed by atoms with Crippen LogP contribution in [0.25, 0.3) is 0 Å². The van der Waals surface area contributed by atoms with E-state index in [0.29, 0.717) is 12.7 Å². The number of ether oxygens (including phenoxy) is 1. The van der Waals surface area contributed by atoms with Gasteiger partial charge in [0.2, 0.25) is 0 Å². The van der Waals surface area contributed by atoms with Crippen molar-refractivity contribution >= 4 is 5.97 Å². The molecule has 2 saturated carbocycles. The van der Waals surface area contributed by atoms with Crippen molar-refractivity contribution in [2.45, 2.75) is 50.7 Å². The van der Waals surface area contributed by atoms with Crippen LogP contribution in [0.4, 0.5) is 0 Å². The lowest BCUT2D eigenvalue weighted by Crippen LogP contribution is -2.48. The Morgan fingerprint density at radius 1 is 1.25 bits per heavy atom. The van der Waals surface area contributed by atoms with Crippen LogP contribution in [0.15, 0.2) is 0 Å². The van der Waals surface area contributed by atoms with Gasteiger partial charge in [-0.15, -0.1) is 0 Å². The summed E-state index contributed by atoms with van der Waals surface area (Å²) < 4.78 is 5.71. The van der Waals surface area contributed by atoms with Crippen LogP contribution < -0.4 is 5.32 Å². The van der Waals surface area contributed by atoms with E-state index in [9.17, 15) is 4.79 Å². The van der Waals surface area contributed by atoms with Gasteiger partial charge in [-0.2, -0.15) is 0 Å². The van der Waals surface area contributed by atoms with Crippen LogP contribution >= 0.6 is 0 Å². The summed E-state index contributed by atoms with van der Waals surface area (Å²) in [4.78, 5) is 10.8. The molecular weight excluding hydrogens is 206 g/mol. The molecule has 16 heavy (non-hydrogen) atoms. The van der Waals surface area contributed by atoms with Crippen LogP contribution in [0.1, 0.15) is 38.5 Å². The van der Waals surface area contributed by atoms with Gasteiger partial charge in [0.1, 0.15) is 0 Å². The number of carboxylic acids is 1. The molecule has 0 aromatic heterocycles. The topological polar surface area (TPSA) is 58.6 Å². The van der Waals surface area contributed by atoms with Gasteiger partial charge in [-0.05, 0) is 25.7 Å². The molecule has 92 valence electrons. The predicted molar refractivity (Wildman–Crippen MR) is 60.4 cm³/mol. The minimum absolute atomic E-state index is 0.171. The molecule has 2 aliphatic carbocycles. The summed E-state index contributed by atoms with van der Waals surface area (Å²) in [5, 5.41) is 12.1. The van der Waals surface area contributed by atoms with Gasteiger partial charge >= 0.3 is 5.97 Å². The number of aliphatic carboxylic acids is 1. The average molecular weight is 227 g/mol. The SMILES string of the molecule is O=C(O)C1CCC1NCCOC1CCCC1. The van der Waals surface area contributed by atoms with E-state index in [4.69, 9.17) is 9.84 Å². The van der Waals surface area contributed by atoms with Crippen molar-refractivity contribution in [3.8, 4) is 0 Å². The molecule has 2 aliphatic rings. The Bertz CT molecular complexity index is 238. The Labute approximate surface area is 96.4 Å². The summed E-state index contributed by atoms with van der Waals surface area (Å²) in [5.74, 6) is -0.841. The Hall–Kier alpha value is -0.610. The molecule has 0 amide bonds. The van der Waals surface area contributed by atoms with Gasteiger partial charge in [0, 0.05) is 12.6 Å². The summed E-state index contributed by atoms with van der Waals surface area (Å²) >= 11 is 0. The fourth-order valence-corrected chi connectivity index (χ4v) is 2.56. The molecule has 0 bridgehead atoms. The molecule has 2 fully saturated rings. The smallest absolute Gasteiger partial charge is 0.308 e. The maximum absolute atomic E-state index is 10.8. The number of hydrogen-bond donors (Lipinski definition) is 2. The van der Waals surface area contributed by atoms with E-state index in [1.54, 1.807) is 0 Å². The first-order valence-corrected chi connectivity index (χ1v) is 6.35. The van der Waals surface area contributed by atoms with E-state index in [1.807, 2.05) is 0 Å².